The van der Waals surface area contributed by atoms with Gasteiger partial charge in [0.1, 0.15) is 0 Å². The molecular formula is C19H26N2OS. The highest BCUT2D eigenvalue weighted by atomic mass is 32.1. The maximum Gasteiger partial charge on any atom is 0.304 e. The van der Waals surface area contributed by atoms with Gasteiger partial charge < -0.3 is 4.98 Å². The lowest BCUT2D eigenvalue weighted by Crippen LogP contribution is -2.33. The standard InChI is InChI=1S/C19H26N2OS/c1-14(2)18-17(23-19(22)20-18)13-21-10-8-16(9-11-21)12-15-6-4-3-5-7-15/h3-7,14,16H,8-13H2,1-2H3,(H,20,22). The number of hydrogen-bond acceptors (Lipinski definition) is 3. The van der Waals surface area contributed by atoms with Crippen LogP contribution in [0.15, 0.2) is 35.1 Å². The highest BCUT2D eigenvalue weighted by molar-refractivity contribution is 7.09. The molecule has 0 amide bonds. The molecule has 1 aliphatic rings. The Kier molecular flexibility index (Phi) is 5.34. The van der Waals surface area contributed by atoms with Crippen LogP contribution in [0.3, 0.4) is 0 Å². The van der Waals surface area contributed by atoms with Crippen LogP contribution in [0, 0.1) is 5.92 Å². The zero-order chi connectivity index (χ0) is 16.2. The Morgan fingerprint density at radius 3 is 2.57 bits per heavy atom. The number of piperidine rings is 1. The molecule has 1 saturated heterocycles. The molecule has 1 N–H and O–H groups in total. The van der Waals surface area contributed by atoms with Crippen molar-refractivity contribution in [1.82, 2.24) is 9.88 Å². The third-order valence-electron chi connectivity index (χ3n) is 4.77. The summed E-state index contributed by atoms with van der Waals surface area (Å²) in [5, 5.41) is 0. The van der Waals surface area contributed by atoms with Crippen LogP contribution in [0.5, 0.6) is 0 Å². The minimum Gasteiger partial charge on any atom is -0.316 e. The summed E-state index contributed by atoms with van der Waals surface area (Å²) in [5.41, 5.74) is 2.59. The van der Waals surface area contributed by atoms with Crippen LogP contribution < -0.4 is 4.87 Å². The molecule has 0 radical (unpaired) electrons. The number of aromatic amines is 1. The Labute approximate surface area is 142 Å². The molecule has 4 heteroatoms. The van der Waals surface area contributed by atoms with Gasteiger partial charge in [-0.15, -0.1) is 0 Å². The molecule has 2 aromatic rings. The molecule has 0 saturated carbocycles. The molecule has 3 nitrogen and oxygen atoms in total. The fourth-order valence-corrected chi connectivity index (χ4v) is 4.48. The van der Waals surface area contributed by atoms with Crippen LogP contribution in [0.25, 0.3) is 0 Å². The van der Waals surface area contributed by atoms with Gasteiger partial charge in [-0.25, -0.2) is 0 Å². The van der Waals surface area contributed by atoms with Gasteiger partial charge in [-0.05, 0) is 49.8 Å². The molecule has 2 heterocycles. The average Bonchev–Trinajstić information content (AvgIpc) is 2.91. The van der Waals surface area contributed by atoms with Gasteiger partial charge in [-0.3, -0.25) is 9.69 Å². The third kappa shape index (κ3) is 4.33. The van der Waals surface area contributed by atoms with E-state index in [0.29, 0.717) is 5.92 Å². The zero-order valence-corrected chi connectivity index (χ0v) is 14.9. The van der Waals surface area contributed by atoms with Gasteiger partial charge in [0, 0.05) is 17.1 Å². The Balaban J connectivity index is 1.54. The van der Waals surface area contributed by atoms with Crippen molar-refractivity contribution >= 4 is 11.3 Å². The predicted molar refractivity (Wildman–Crippen MR) is 97.2 cm³/mol. The summed E-state index contributed by atoms with van der Waals surface area (Å²) in [5.74, 6) is 1.18. The molecule has 3 rings (SSSR count). The highest BCUT2D eigenvalue weighted by Gasteiger charge is 2.21. The van der Waals surface area contributed by atoms with Crippen LogP contribution in [-0.4, -0.2) is 23.0 Å². The van der Waals surface area contributed by atoms with Gasteiger partial charge >= 0.3 is 4.87 Å². The first-order valence-electron chi connectivity index (χ1n) is 8.60. The van der Waals surface area contributed by atoms with Gasteiger partial charge in [0.25, 0.3) is 0 Å². The summed E-state index contributed by atoms with van der Waals surface area (Å²) in [6.45, 7) is 7.50. The van der Waals surface area contributed by atoms with E-state index in [1.807, 2.05) is 0 Å². The molecule has 0 aliphatic carbocycles. The molecule has 124 valence electrons. The van der Waals surface area contributed by atoms with Gasteiger partial charge in [0.05, 0.1) is 0 Å². The number of rotatable bonds is 5. The van der Waals surface area contributed by atoms with Gasteiger partial charge in [0.15, 0.2) is 0 Å². The number of hydrogen-bond donors (Lipinski definition) is 1. The molecule has 0 bridgehead atoms. The van der Waals surface area contributed by atoms with Crippen molar-refractivity contribution in [3.8, 4) is 0 Å². The van der Waals surface area contributed by atoms with Crippen LogP contribution in [0.2, 0.25) is 0 Å². The molecule has 1 aliphatic heterocycles. The first kappa shape index (κ1) is 16.5. The second-order valence-electron chi connectivity index (χ2n) is 6.92. The minimum atomic E-state index is 0.0858. The molecule has 1 aromatic carbocycles. The maximum atomic E-state index is 11.7. The largest absolute Gasteiger partial charge is 0.316 e. The minimum absolute atomic E-state index is 0.0858. The van der Waals surface area contributed by atoms with Crippen LogP contribution >= 0.6 is 11.3 Å². The lowest BCUT2D eigenvalue weighted by atomic mass is 9.90. The lowest BCUT2D eigenvalue weighted by molar-refractivity contribution is 0.178. The number of aromatic nitrogens is 1. The first-order valence-corrected chi connectivity index (χ1v) is 9.41. The van der Waals surface area contributed by atoms with E-state index >= 15 is 0 Å². The van der Waals surface area contributed by atoms with E-state index in [1.165, 1.54) is 41.0 Å². The molecule has 1 fully saturated rings. The summed E-state index contributed by atoms with van der Waals surface area (Å²) >= 11 is 1.39. The number of nitrogens with one attached hydrogen (secondary N) is 1. The van der Waals surface area contributed by atoms with Crippen molar-refractivity contribution in [1.29, 1.82) is 0 Å². The Morgan fingerprint density at radius 2 is 1.91 bits per heavy atom. The topological polar surface area (TPSA) is 36.1 Å². The van der Waals surface area contributed by atoms with E-state index in [1.54, 1.807) is 0 Å². The fourth-order valence-electron chi connectivity index (χ4n) is 3.46. The SMILES string of the molecule is CC(C)c1[nH]c(=O)sc1CN1CCC(Cc2ccccc2)CC1. The zero-order valence-electron chi connectivity index (χ0n) is 14.0. The van der Waals surface area contributed by atoms with Gasteiger partial charge in [-0.2, -0.15) is 0 Å². The van der Waals surface area contributed by atoms with E-state index in [0.717, 1.165) is 31.2 Å². The maximum absolute atomic E-state index is 11.7. The van der Waals surface area contributed by atoms with Crippen molar-refractivity contribution in [2.75, 3.05) is 13.1 Å². The fraction of sp³-hybridized carbons (Fsp3) is 0.526. The summed E-state index contributed by atoms with van der Waals surface area (Å²) in [4.78, 5) is 18.5. The van der Waals surface area contributed by atoms with Crippen molar-refractivity contribution in [2.45, 2.75) is 45.6 Å². The Bertz CT molecular complexity index is 666. The normalized spacial score (nSPS) is 17.0. The summed E-state index contributed by atoms with van der Waals surface area (Å²) in [6.07, 6.45) is 3.71. The highest BCUT2D eigenvalue weighted by Crippen LogP contribution is 2.25. The van der Waals surface area contributed by atoms with E-state index < -0.39 is 0 Å². The lowest BCUT2D eigenvalue weighted by Gasteiger charge is -2.32. The molecule has 1 aromatic heterocycles. The number of benzene rings is 1. The Hall–Kier alpha value is -1.39. The molecule has 0 unspecified atom stereocenters. The summed E-state index contributed by atoms with van der Waals surface area (Å²) in [7, 11) is 0. The van der Waals surface area contributed by atoms with Crippen LogP contribution in [0.1, 0.15) is 48.7 Å². The number of nitrogens with zero attached hydrogens (tertiary/aromatic N) is 1. The van der Waals surface area contributed by atoms with E-state index in [4.69, 9.17) is 0 Å². The molecule has 0 spiro atoms. The van der Waals surface area contributed by atoms with Crippen molar-refractivity contribution in [2.24, 2.45) is 5.92 Å². The van der Waals surface area contributed by atoms with Crippen molar-refractivity contribution in [3.05, 3.63) is 56.1 Å². The van der Waals surface area contributed by atoms with Crippen molar-refractivity contribution < 1.29 is 0 Å². The summed E-state index contributed by atoms with van der Waals surface area (Å²) in [6, 6.07) is 10.8. The first-order chi connectivity index (χ1) is 11.1. The van der Waals surface area contributed by atoms with E-state index in [-0.39, 0.29) is 4.87 Å². The predicted octanol–water partition coefficient (Wildman–Crippen LogP) is 4.01. The monoisotopic (exact) mass is 330 g/mol. The number of thiazole rings is 1. The van der Waals surface area contributed by atoms with Gasteiger partial charge in [-0.1, -0.05) is 55.5 Å². The number of likely N-dealkylation sites (tertiary alicyclic amines) is 1. The third-order valence-corrected chi connectivity index (χ3v) is 5.65. The second-order valence-corrected chi connectivity index (χ2v) is 7.98. The van der Waals surface area contributed by atoms with E-state index in [2.05, 4.69) is 54.1 Å². The summed E-state index contributed by atoms with van der Waals surface area (Å²) < 4.78 is 0. The molecule has 23 heavy (non-hydrogen) atoms. The smallest absolute Gasteiger partial charge is 0.304 e. The molecular weight excluding hydrogens is 304 g/mol. The Morgan fingerprint density at radius 1 is 1.22 bits per heavy atom. The average molecular weight is 330 g/mol. The van der Waals surface area contributed by atoms with Crippen LogP contribution in [-0.2, 0) is 13.0 Å². The quantitative estimate of drug-likeness (QED) is 0.899. The van der Waals surface area contributed by atoms with Crippen molar-refractivity contribution in [3.63, 3.8) is 0 Å². The van der Waals surface area contributed by atoms with Gasteiger partial charge in [0.2, 0.25) is 0 Å². The number of H-pyrrole nitrogens is 1. The van der Waals surface area contributed by atoms with E-state index in [9.17, 15) is 4.79 Å². The van der Waals surface area contributed by atoms with Crippen LogP contribution in [0.4, 0.5) is 0 Å². The molecule has 0 atom stereocenters. The second kappa shape index (κ2) is 7.45.